The highest BCUT2D eigenvalue weighted by Crippen LogP contribution is 2.45. The first kappa shape index (κ1) is 10.1. The average molecular weight is 216 g/mol. The molecule has 1 spiro atoms. The summed E-state index contributed by atoms with van der Waals surface area (Å²) in [6.07, 6.45) is 6.69. The lowest BCUT2D eigenvalue weighted by Gasteiger charge is -2.39. The number of anilines is 1. The molecule has 1 fully saturated rings. The van der Waals surface area contributed by atoms with Gasteiger partial charge in [0, 0.05) is 11.2 Å². The molecule has 1 aromatic heterocycles. The molecule has 1 aromatic rings. The average Bonchev–Trinajstić information content (AvgIpc) is 2.65. The molecule has 1 saturated carbocycles. The van der Waals surface area contributed by atoms with Crippen molar-refractivity contribution >= 4 is 5.82 Å². The Morgan fingerprint density at radius 3 is 2.81 bits per heavy atom. The summed E-state index contributed by atoms with van der Waals surface area (Å²) in [7, 11) is 0. The van der Waals surface area contributed by atoms with Gasteiger partial charge in [-0.3, -0.25) is 0 Å². The SMILES string of the molecule is Cc1ccc2c(n1)NC1(CCCC1)CC2C. The third kappa shape index (κ3) is 1.51. The van der Waals surface area contributed by atoms with Gasteiger partial charge < -0.3 is 5.32 Å². The molecule has 0 amide bonds. The Balaban J connectivity index is 2.00. The van der Waals surface area contributed by atoms with Crippen LogP contribution in [0.4, 0.5) is 5.82 Å². The number of hydrogen-bond acceptors (Lipinski definition) is 2. The van der Waals surface area contributed by atoms with Gasteiger partial charge in [0.25, 0.3) is 0 Å². The Morgan fingerprint density at radius 2 is 2.06 bits per heavy atom. The Bertz CT molecular complexity index is 405. The van der Waals surface area contributed by atoms with Crippen molar-refractivity contribution in [2.75, 3.05) is 5.32 Å². The number of aromatic nitrogens is 1. The zero-order valence-electron chi connectivity index (χ0n) is 10.2. The summed E-state index contributed by atoms with van der Waals surface area (Å²) < 4.78 is 0. The second-order valence-corrected chi connectivity index (χ2v) is 5.61. The quantitative estimate of drug-likeness (QED) is 0.716. The van der Waals surface area contributed by atoms with Crippen LogP contribution < -0.4 is 5.32 Å². The van der Waals surface area contributed by atoms with Gasteiger partial charge in [0.2, 0.25) is 0 Å². The molecule has 1 unspecified atom stereocenters. The van der Waals surface area contributed by atoms with Crippen LogP contribution >= 0.6 is 0 Å². The molecule has 0 saturated heterocycles. The molecule has 1 N–H and O–H groups in total. The number of fused-ring (bicyclic) bond motifs is 1. The zero-order valence-corrected chi connectivity index (χ0v) is 10.2. The summed E-state index contributed by atoms with van der Waals surface area (Å²) in [4.78, 5) is 4.67. The molecule has 1 aliphatic heterocycles. The van der Waals surface area contributed by atoms with E-state index in [1.165, 1.54) is 37.7 Å². The summed E-state index contributed by atoms with van der Waals surface area (Å²) in [5.41, 5.74) is 2.89. The Morgan fingerprint density at radius 1 is 1.31 bits per heavy atom. The summed E-state index contributed by atoms with van der Waals surface area (Å²) in [6, 6.07) is 4.38. The fraction of sp³-hybridized carbons (Fsp3) is 0.643. The second kappa shape index (κ2) is 3.47. The van der Waals surface area contributed by atoms with Gasteiger partial charge in [-0.25, -0.2) is 4.98 Å². The largest absolute Gasteiger partial charge is 0.364 e. The first-order valence-electron chi connectivity index (χ1n) is 6.44. The monoisotopic (exact) mass is 216 g/mol. The lowest BCUT2D eigenvalue weighted by molar-refractivity contribution is 0.393. The van der Waals surface area contributed by atoms with E-state index in [1.54, 1.807) is 0 Å². The molecule has 86 valence electrons. The predicted octanol–water partition coefficient (Wildman–Crippen LogP) is 3.62. The van der Waals surface area contributed by atoms with E-state index in [0.29, 0.717) is 11.5 Å². The fourth-order valence-corrected chi connectivity index (χ4v) is 3.44. The van der Waals surface area contributed by atoms with Gasteiger partial charge in [0.1, 0.15) is 5.82 Å². The molecule has 1 atom stereocenters. The lowest BCUT2D eigenvalue weighted by Crippen LogP contribution is -2.40. The van der Waals surface area contributed by atoms with Gasteiger partial charge >= 0.3 is 0 Å². The minimum atomic E-state index is 0.368. The molecule has 1 aliphatic carbocycles. The van der Waals surface area contributed by atoms with Gasteiger partial charge in [-0.1, -0.05) is 25.8 Å². The summed E-state index contributed by atoms with van der Waals surface area (Å²) in [5.74, 6) is 1.81. The van der Waals surface area contributed by atoms with Gasteiger partial charge in [-0.2, -0.15) is 0 Å². The first-order valence-corrected chi connectivity index (χ1v) is 6.44. The van der Waals surface area contributed by atoms with Crippen molar-refractivity contribution in [1.82, 2.24) is 4.98 Å². The van der Waals surface area contributed by atoms with Crippen molar-refractivity contribution in [3.8, 4) is 0 Å². The van der Waals surface area contributed by atoms with E-state index in [9.17, 15) is 0 Å². The van der Waals surface area contributed by atoms with Crippen molar-refractivity contribution in [2.45, 2.75) is 57.4 Å². The number of nitrogens with one attached hydrogen (secondary N) is 1. The third-order valence-electron chi connectivity index (χ3n) is 4.24. The van der Waals surface area contributed by atoms with Crippen LogP contribution in [0, 0.1) is 6.92 Å². The molecule has 2 heterocycles. The molecule has 0 aromatic carbocycles. The number of rotatable bonds is 0. The van der Waals surface area contributed by atoms with E-state index in [2.05, 4.69) is 36.3 Å². The van der Waals surface area contributed by atoms with Crippen molar-refractivity contribution in [3.05, 3.63) is 23.4 Å². The minimum absolute atomic E-state index is 0.368. The lowest BCUT2D eigenvalue weighted by atomic mass is 9.80. The smallest absolute Gasteiger partial charge is 0.130 e. The maximum Gasteiger partial charge on any atom is 0.130 e. The van der Waals surface area contributed by atoms with Gasteiger partial charge in [-0.15, -0.1) is 0 Å². The maximum atomic E-state index is 4.67. The highest BCUT2D eigenvalue weighted by atomic mass is 15.1. The number of nitrogens with zero attached hydrogens (tertiary/aromatic N) is 1. The molecule has 0 bridgehead atoms. The van der Waals surface area contributed by atoms with E-state index in [1.807, 2.05) is 0 Å². The molecule has 0 radical (unpaired) electrons. The van der Waals surface area contributed by atoms with Crippen LogP contribution in [0.1, 0.15) is 56.2 Å². The van der Waals surface area contributed by atoms with Gasteiger partial charge in [-0.05, 0) is 43.7 Å². The molecule has 2 heteroatoms. The number of aryl methyl sites for hydroxylation is 1. The normalized spacial score (nSPS) is 26.5. The Kier molecular flexibility index (Phi) is 2.20. The predicted molar refractivity (Wildman–Crippen MR) is 66.8 cm³/mol. The fourth-order valence-electron chi connectivity index (χ4n) is 3.44. The Hall–Kier alpha value is -1.05. The number of hydrogen-bond donors (Lipinski definition) is 1. The molecule has 3 rings (SSSR count). The molecule has 2 nitrogen and oxygen atoms in total. The highest BCUT2D eigenvalue weighted by Gasteiger charge is 2.39. The van der Waals surface area contributed by atoms with E-state index in [-0.39, 0.29) is 0 Å². The van der Waals surface area contributed by atoms with Crippen molar-refractivity contribution in [2.24, 2.45) is 0 Å². The maximum absolute atomic E-state index is 4.67. The Labute approximate surface area is 97.5 Å². The van der Waals surface area contributed by atoms with Crippen LogP contribution in [0.15, 0.2) is 12.1 Å². The summed E-state index contributed by atoms with van der Waals surface area (Å²) in [6.45, 7) is 4.42. The van der Waals surface area contributed by atoms with E-state index in [0.717, 1.165) is 11.5 Å². The van der Waals surface area contributed by atoms with Crippen LogP contribution in [0.2, 0.25) is 0 Å². The van der Waals surface area contributed by atoms with Crippen LogP contribution in [0.3, 0.4) is 0 Å². The van der Waals surface area contributed by atoms with Gasteiger partial charge in [0.05, 0.1) is 0 Å². The minimum Gasteiger partial charge on any atom is -0.364 e. The summed E-state index contributed by atoms with van der Waals surface area (Å²) in [5, 5.41) is 3.73. The van der Waals surface area contributed by atoms with E-state index in [4.69, 9.17) is 0 Å². The zero-order chi connectivity index (χ0) is 11.2. The van der Waals surface area contributed by atoms with Crippen LogP contribution in [-0.4, -0.2) is 10.5 Å². The molecule has 2 aliphatic rings. The molecular formula is C14H20N2. The number of pyridine rings is 1. The highest BCUT2D eigenvalue weighted by molar-refractivity contribution is 5.52. The standard InChI is InChI=1S/C14H20N2/c1-10-9-14(7-3-4-8-14)16-13-12(10)6-5-11(2)15-13/h5-6,10H,3-4,7-9H2,1-2H3,(H,15,16). The van der Waals surface area contributed by atoms with Crippen LogP contribution in [-0.2, 0) is 0 Å². The van der Waals surface area contributed by atoms with E-state index < -0.39 is 0 Å². The van der Waals surface area contributed by atoms with E-state index >= 15 is 0 Å². The van der Waals surface area contributed by atoms with Crippen molar-refractivity contribution in [1.29, 1.82) is 0 Å². The van der Waals surface area contributed by atoms with Crippen LogP contribution in [0.25, 0.3) is 0 Å². The topological polar surface area (TPSA) is 24.9 Å². The molecular weight excluding hydrogens is 196 g/mol. The first-order chi connectivity index (χ1) is 7.69. The van der Waals surface area contributed by atoms with Crippen molar-refractivity contribution in [3.63, 3.8) is 0 Å². The molecule has 16 heavy (non-hydrogen) atoms. The second-order valence-electron chi connectivity index (χ2n) is 5.61. The van der Waals surface area contributed by atoms with Gasteiger partial charge in [0.15, 0.2) is 0 Å². The third-order valence-corrected chi connectivity index (χ3v) is 4.24. The van der Waals surface area contributed by atoms with Crippen LogP contribution in [0.5, 0.6) is 0 Å². The van der Waals surface area contributed by atoms with Crippen molar-refractivity contribution < 1.29 is 0 Å². The summed E-state index contributed by atoms with van der Waals surface area (Å²) >= 11 is 0.